The number of H-pyrrole nitrogens is 1. The molecular formula is C5H6FN. The lowest BCUT2D eigenvalue weighted by Gasteiger charge is -1.66. The fourth-order valence-corrected chi connectivity index (χ4v) is 0.466. The standard InChI is InChI=1S/C5H6FN/c1-4-2-5(6)7-3-4/h2-3,7H,1H3. The molecule has 1 N–H and O–H groups in total. The van der Waals surface area contributed by atoms with Crippen LogP contribution in [0.4, 0.5) is 4.39 Å². The lowest BCUT2D eigenvalue weighted by atomic mass is 10.4. The van der Waals surface area contributed by atoms with Gasteiger partial charge in [-0.15, -0.1) is 0 Å². The average Bonchev–Trinajstić information content (AvgIpc) is 1.87. The molecule has 0 radical (unpaired) electrons. The lowest BCUT2D eigenvalue weighted by molar-refractivity contribution is 0.591. The molecule has 7 heavy (non-hydrogen) atoms. The van der Waals surface area contributed by atoms with Gasteiger partial charge in [0, 0.05) is 6.20 Å². The summed E-state index contributed by atoms with van der Waals surface area (Å²) in [5.74, 6) is -0.266. The van der Waals surface area contributed by atoms with Crippen molar-refractivity contribution in [2.24, 2.45) is 0 Å². The Labute approximate surface area is 41.2 Å². The van der Waals surface area contributed by atoms with Crippen molar-refractivity contribution < 1.29 is 4.39 Å². The molecule has 1 rings (SSSR count). The Bertz CT molecular complexity index is 140. The predicted molar refractivity (Wildman–Crippen MR) is 25.5 cm³/mol. The number of halogens is 1. The SMILES string of the molecule is Cc1c[nH]c(F)c1. The molecule has 1 aromatic rings. The molecule has 0 aliphatic heterocycles. The Hall–Kier alpha value is -0.790. The minimum Gasteiger partial charge on any atom is -0.338 e. The van der Waals surface area contributed by atoms with Crippen molar-refractivity contribution in [2.75, 3.05) is 0 Å². The van der Waals surface area contributed by atoms with Crippen molar-refractivity contribution >= 4 is 0 Å². The molecule has 1 aromatic heterocycles. The molecule has 0 aliphatic carbocycles. The van der Waals surface area contributed by atoms with Crippen LogP contribution in [0.5, 0.6) is 0 Å². The van der Waals surface area contributed by atoms with E-state index in [2.05, 4.69) is 4.98 Å². The van der Waals surface area contributed by atoms with Crippen molar-refractivity contribution in [1.29, 1.82) is 0 Å². The van der Waals surface area contributed by atoms with Crippen LogP contribution in [0.3, 0.4) is 0 Å². The van der Waals surface area contributed by atoms with Crippen LogP contribution in [-0.2, 0) is 0 Å². The highest BCUT2D eigenvalue weighted by molar-refractivity contribution is 5.05. The molecule has 0 spiro atoms. The average molecular weight is 99.1 g/mol. The lowest BCUT2D eigenvalue weighted by Crippen LogP contribution is -1.61. The first-order chi connectivity index (χ1) is 3.29. The van der Waals surface area contributed by atoms with Crippen LogP contribution in [0.1, 0.15) is 5.56 Å². The van der Waals surface area contributed by atoms with Crippen LogP contribution >= 0.6 is 0 Å². The third-order valence-corrected chi connectivity index (χ3v) is 0.792. The molecule has 0 aromatic carbocycles. The van der Waals surface area contributed by atoms with Gasteiger partial charge in [0.05, 0.1) is 0 Å². The van der Waals surface area contributed by atoms with E-state index in [-0.39, 0.29) is 5.95 Å². The Balaban J connectivity index is 3.04. The van der Waals surface area contributed by atoms with Gasteiger partial charge in [0.15, 0.2) is 5.95 Å². The molecule has 0 aliphatic rings. The quantitative estimate of drug-likeness (QED) is 0.506. The minimum atomic E-state index is -0.266. The summed E-state index contributed by atoms with van der Waals surface area (Å²) in [4.78, 5) is 2.40. The van der Waals surface area contributed by atoms with Crippen LogP contribution in [0.2, 0.25) is 0 Å². The van der Waals surface area contributed by atoms with Gasteiger partial charge in [0.25, 0.3) is 0 Å². The van der Waals surface area contributed by atoms with Gasteiger partial charge in [-0.1, -0.05) is 0 Å². The molecule has 0 saturated carbocycles. The maximum absolute atomic E-state index is 11.9. The van der Waals surface area contributed by atoms with E-state index in [0.29, 0.717) is 0 Å². The first-order valence-electron chi connectivity index (χ1n) is 2.09. The number of aryl methyl sites for hydroxylation is 1. The zero-order valence-corrected chi connectivity index (χ0v) is 4.03. The summed E-state index contributed by atoms with van der Waals surface area (Å²) in [5.41, 5.74) is 0.928. The number of aromatic nitrogens is 1. The Morgan fingerprint density at radius 3 is 2.57 bits per heavy atom. The van der Waals surface area contributed by atoms with Crippen molar-refractivity contribution in [3.05, 3.63) is 23.8 Å². The third kappa shape index (κ3) is 0.796. The highest BCUT2D eigenvalue weighted by atomic mass is 19.1. The van der Waals surface area contributed by atoms with Crippen molar-refractivity contribution in [3.8, 4) is 0 Å². The van der Waals surface area contributed by atoms with Gasteiger partial charge < -0.3 is 4.98 Å². The van der Waals surface area contributed by atoms with Gasteiger partial charge in [-0.3, -0.25) is 0 Å². The second-order valence-electron chi connectivity index (χ2n) is 1.52. The molecule has 0 fully saturated rings. The monoisotopic (exact) mass is 99.0 g/mol. The van der Waals surface area contributed by atoms with Gasteiger partial charge in [-0.2, -0.15) is 4.39 Å². The van der Waals surface area contributed by atoms with Crippen LogP contribution in [0.15, 0.2) is 12.3 Å². The molecule has 0 atom stereocenters. The minimum absolute atomic E-state index is 0.266. The van der Waals surface area contributed by atoms with Crippen LogP contribution in [-0.4, -0.2) is 4.98 Å². The fourth-order valence-electron chi connectivity index (χ4n) is 0.466. The normalized spacial score (nSPS) is 9.43. The number of rotatable bonds is 0. The van der Waals surface area contributed by atoms with E-state index in [1.54, 1.807) is 6.20 Å². The Morgan fingerprint density at radius 2 is 2.43 bits per heavy atom. The zero-order chi connectivity index (χ0) is 5.28. The van der Waals surface area contributed by atoms with Crippen molar-refractivity contribution in [2.45, 2.75) is 6.92 Å². The van der Waals surface area contributed by atoms with E-state index < -0.39 is 0 Å². The summed E-state index contributed by atoms with van der Waals surface area (Å²) >= 11 is 0. The van der Waals surface area contributed by atoms with E-state index in [1.807, 2.05) is 6.92 Å². The van der Waals surface area contributed by atoms with E-state index in [1.165, 1.54) is 6.07 Å². The predicted octanol–water partition coefficient (Wildman–Crippen LogP) is 1.46. The van der Waals surface area contributed by atoms with Gasteiger partial charge >= 0.3 is 0 Å². The van der Waals surface area contributed by atoms with Crippen molar-refractivity contribution in [1.82, 2.24) is 4.98 Å². The summed E-state index contributed by atoms with van der Waals surface area (Å²) < 4.78 is 11.9. The van der Waals surface area contributed by atoms with Crippen LogP contribution in [0, 0.1) is 12.9 Å². The van der Waals surface area contributed by atoms with Crippen molar-refractivity contribution in [3.63, 3.8) is 0 Å². The van der Waals surface area contributed by atoms with Crippen LogP contribution < -0.4 is 0 Å². The Kier molecular flexibility index (Phi) is 0.855. The van der Waals surface area contributed by atoms with E-state index in [4.69, 9.17) is 0 Å². The summed E-state index contributed by atoms with van der Waals surface area (Å²) in [6.07, 6.45) is 1.62. The molecule has 0 bridgehead atoms. The molecule has 1 nitrogen and oxygen atoms in total. The maximum Gasteiger partial charge on any atom is 0.191 e. The molecule has 38 valence electrons. The largest absolute Gasteiger partial charge is 0.338 e. The zero-order valence-electron chi connectivity index (χ0n) is 4.03. The third-order valence-electron chi connectivity index (χ3n) is 0.792. The van der Waals surface area contributed by atoms with Gasteiger partial charge in [0.2, 0.25) is 0 Å². The molecule has 0 unspecified atom stereocenters. The van der Waals surface area contributed by atoms with Gasteiger partial charge in [-0.25, -0.2) is 0 Å². The van der Waals surface area contributed by atoms with E-state index in [0.717, 1.165) is 5.56 Å². The second-order valence-corrected chi connectivity index (χ2v) is 1.52. The first-order valence-corrected chi connectivity index (χ1v) is 2.09. The maximum atomic E-state index is 11.9. The smallest absolute Gasteiger partial charge is 0.191 e. The second kappa shape index (κ2) is 1.37. The topological polar surface area (TPSA) is 15.8 Å². The molecule has 0 saturated heterocycles. The van der Waals surface area contributed by atoms with Gasteiger partial charge in [0.1, 0.15) is 0 Å². The highest BCUT2D eigenvalue weighted by Crippen LogP contribution is 1.96. The summed E-state index contributed by atoms with van der Waals surface area (Å²) in [5, 5.41) is 0. The molecule has 2 heteroatoms. The molecular weight excluding hydrogens is 93.1 g/mol. The Morgan fingerprint density at radius 1 is 1.71 bits per heavy atom. The number of nitrogens with one attached hydrogen (secondary N) is 1. The van der Waals surface area contributed by atoms with E-state index >= 15 is 0 Å². The summed E-state index contributed by atoms with van der Waals surface area (Å²) in [6, 6.07) is 1.44. The van der Waals surface area contributed by atoms with E-state index in [9.17, 15) is 4.39 Å². The summed E-state index contributed by atoms with van der Waals surface area (Å²) in [7, 11) is 0. The number of aromatic amines is 1. The van der Waals surface area contributed by atoms with Crippen LogP contribution in [0.25, 0.3) is 0 Å². The summed E-state index contributed by atoms with van der Waals surface area (Å²) in [6.45, 7) is 1.83. The first kappa shape index (κ1) is 4.37. The fraction of sp³-hybridized carbons (Fsp3) is 0.200. The highest BCUT2D eigenvalue weighted by Gasteiger charge is 1.86. The number of hydrogen-bond donors (Lipinski definition) is 1. The molecule has 1 heterocycles. The number of hydrogen-bond acceptors (Lipinski definition) is 0. The van der Waals surface area contributed by atoms with Gasteiger partial charge in [-0.05, 0) is 18.6 Å². The molecule has 0 amide bonds.